The van der Waals surface area contributed by atoms with Crippen molar-refractivity contribution in [2.24, 2.45) is 0 Å². The predicted octanol–water partition coefficient (Wildman–Crippen LogP) is 3.37. The van der Waals surface area contributed by atoms with Gasteiger partial charge in [0.1, 0.15) is 5.75 Å². The third-order valence-corrected chi connectivity index (χ3v) is 3.47. The van der Waals surface area contributed by atoms with E-state index in [0.717, 1.165) is 12.8 Å². The first kappa shape index (κ1) is 12.7. The lowest BCUT2D eigenvalue weighted by Crippen LogP contribution is -2.00. The molecule has 0 saturated carbocycles. The second kappa shape index (κ2) is 4.96. The number of rotatable bonds is 3. The molecule has 0 unspecified atom stereocenters. The molecule has 0 atom stereocenters. The van der Waals surface area contributed by atoms with Gasteiger partial charge in [-0.2, -0.15) is 0 Å². The molecule has 0 aliphatic heterocycles. The molecule has 4 nitrogen and oxygen atoms in total. The molecule has 0 amide bonds. The number of aryl methyl sites for hydroxylation is 3. The highest BCUT2D eigenvalue weighted by molar-refractivity contribution is 5.88. The molecule has 1 aromatic heterocycles. The molecule has 1 N–H and O–H groups in total. The fourth-order valence-electron chi connectivity index (χ4n) is 2.55. The molecule has 3 rings (SSSR count). The second-order valence-electron chi connectivity index (χ2n) is 5.03. The molecule has 0 fully saturated rings. The molecule has 1 aliphatic carbocycles. The van der Waals surface area contributed by atoms with Gasteiger partial charge in [-0.15, -0.1) is 0 Å². The van der Waals surface area contributed by atoms with Gasteiger partial charge in [-0.25, -0.2) is 9.78 Å². The largest absolute Gasteiger partial charge is 0.478 e. The van der Waals surface area contributed by atoms with E-state index in [1.807, 2.05) is 12.1 Å². The number of hydrogen-bond donors (Lipinski definition) is 1. The molecule has 102 valence electrons. The number of fused-ring (bicyclic) bond motifs is 1. The van der Waals surface area contributed by atoms with Gasteiger partial charge in [0.25, 0.3) is 0 Å². The molecule has 0 saturated heterocycles. The maximum atomic E-state index is 11.0. The van der Waals surface area contributed by atoms with E-state index in [1.165, 1.54) is 29.7 Å². The third-order valence-electron chi connectivity index (χ3n) is 3.47. The standard InChI is InChI=1S/C16H15NO3/c1-10-7-13(16(18)19)9-15(17-10)20-14-6-5-11-3-2-4-12(11)8-14/h5-9H,2-4H2,1H3,(H,18,19). The Labute approximate surface area is 117 Å². The summed E-state index contributed by atoms with van der Waals surface area (Å²) in [6, 6.07) is 8.98. The summed E-state index contributed by atoms with van der Waals surface area (Å²) in [5, 5.41) is 9.04. The number of carbonyl (C=O) groups is 1. The number of benzene rings is 1. The highest BCUT2D eigenvalue weighted by Gasteiger charge is 2.13. The summed E-state index contributed by atoms with van der Waals surface area (Å²) in [6.45, 7) is 1.75. The Kier molecular flexibility index (Phi) is 3.14. The van der Waals surface area contributed by atoms with Gasteiger partial charge in [0.2, 0.25) is 5.88 Å². The van der Waals surface area contributed by atoms with Gasteiger partial charge in [0.05, 0.1) is 5.56 Å². The summed E-state index contributed by atoms with van der Waals surface area (Å²) in [7, 11) is 0. The Bertz CT molecular complexity index is 679. The first-order chi connectivity index (χ1) is 9.61. The van der Waals surface area contributed by atoms with E-state index in [-0.39, 0.29) is 5.56 Å². The average Bonchev–Trinajstić information content (AvgIpc) is 2.85. The van der Waals surface area contributed by atoms with Crippen molar-refractivity contribution in [2.45, 2.75) is 26.2 Å². The maximum Gasteiger partial charge on any atom is 0.335 e. The topological polar surface area (TPSA) is 59.4 Å². The van der Waals surface area contributed by atoms with Crippen molar-refractivity contribution < 1.29 is 14.6 Å². The zero-order valence-corrected chi connectivity index (χ0v) is 11.2. The van der Waals surface area contributed by atoms with Crippen LogP contribution in [0.5, 0.6) is 11.6 Å². The van der Waals surface area contributed by atoms with Crippen LogP contribution in [0.25, 0.3) is 0 Å². The number of pyridine rings is 1. The number of nitrogens with zero attached hydrogens (tertiary/aromatic N) is 1. The van der Waals surface area contributed by atoms with Gasteiger partial charge < -0.3 is 9.84 Å². The summed E-state index contributed by atoms with van der Waals surface area (Å²) in [6.07, 6.45) is 3.39. The van der Waals surface area contributed by atoms with Crippen molar-refractivity contribution in [1.29, 1.82) is 0 Å². The predicted molar refractivity (Wildman–Crippen MR) is 74.5 cm³/mol. The number of hydrogen-bond acceptors (Lipinski definition) is 3. The number of ether oxygens (including phenoxy) is 1. The van der Waals surface area contributed by atoms with Crippen LogP contribution in [0.2, 0.25) is 0 Å². The minimum Gasteiger partial charge on any atom is -0.478 e. The number of aromatic nitrogens is 1. The van der Waals surface area contributed by atoms with Crippen molar-refractivity contribution in [3.63, 3.8) is 0 Å². The summed E-state index contributed by atoms with van der Waals surface area (Å²) in [5.74, 6) is 0.0507. The lowest BCUT2D eigenvalue weighted by atomic mass is 10.1. The number of carboxylic acid groups (broad SMARTS) is 1. The highest BCUT2D eigenvalue weighted by atomic mass is 16.5. The van der Waals surface area contributed by atoms with Crippen LogP contribution in [-0.4, -0.2) is 16.1 Å². The lowest BCUT2D eigenvalue weighted by Gasteiger charge is -2.08. The monoisotopic (exact) mass is 269 g/mol. The van der Waals surface area contributed by atoms with Gasteiger partial charge in [0, 0.05) is 11.8 Å². The third kappa shape index (κ3) is 2.50. The molecule has 1 aromatic carbocycles. The van der Waals surface area contributed by atoms with Crippen LogP contribution in [0.1, 0.15) is 33.6 Å². The van der Waals surface area contributed by atoms with Gasteiger partial charge >= 0.3 is 5.97 Å². The van der Waals surface area contributed by atoms with Crippen LogP contribution in [0, 0.1) is 6.92 Å². The Morgan fingerprint density at radius 1 is 1.20 bits per heavy atom. The molecule has 2 aromatic rings. The van der Waals surface area contributed by atoms with E-state index < -0.39 is 5.97 Å². The highest BCUT2D eigenvalue weighted by Crippen LogP contribution is 2.28. The molecule has 20 heavy (non-hydrogen) atoms. The van der Waals surface area contributed by atoms with Gasteiger partial charge in [-0.1, -0.05) is 6.07 Å². The van der Waals surface area contributed by atoms with Crippen LogP contribution in [0.3, 0.4) is 0 Å². The van der Waals surface area contributed by atoms with Crippen LogP contribution in [-0.2, 0) is 12.8 Å². The van der Waals surface area contributed by atoms with Crippen LogP contribution in [0.4, 0.5) is 0 Å². The molecule has 0 spiro atoms. The van der Waals surface area contributed by atoms with Crippen molar-refractivity contribution in [3.05, 3.63) is 52.7 Å². The second-order valence-corrected chi connectivity index (χ2v) is 5.03. The lowest BCUT2D eigenvalue weighted by molar-refractivity contribution is 0.0696. The van der Waals surface area contributed by atoms with Gasteiger partial charge in [-0.05, 0) is 55.5 Å². The van der Waals surface area contributed by atoms with Gasteiger partial charge in [-0.3, -0.25) is 0 Å². The Balaban J connectivity index is 1.89. The van der Waals surface area contributed by atoms with E-state index >= 15 is 0 Å². The zero-order chi connectivity index (χ0) is 14.1. The molecule has 1 heterocycles. The Hall–Kier alpha value is -2.36. The first-order valence-electron chi connectivity index (χ1n) is 6.63. The molecular weight excluding hydrogens is 254 g/mol. The van der Waals surface area contributed by atoms with E-state index in [0.29, 0.717) is 17.3 Å². The van der Waals surface area contributed by atoms with Crippen molar-refractivity contribution >= 4 is 5.97 Å². The van der Waals surface area contributed by atoms with Crippen molar-refractivity contribution in [2.75, 3.05) is 0 Å². The van der Waals surface area contributed by atoms with E-state index in [1.54, 1.807) is 6.92 Å². The van der Waals surface area contributed by atoms with E-state index in [9.17, 15) is 4.79 Å². The molecule has 1 aliphatic rings. The fraction of sp³-hybridized carbons (Fsp3) is 0.250. The number of carboxylic acids is 1. The Morgan fingerprint density at radius 2 is 2.00 bits per heavy atom. The normalized spacial score (nSPS) is 13.1. The number of aromatic carboxylic acids is 1. The zero-order valence-electron chi connectivity index (χ0n) is 11.2. The molecule has 4 heteroatoms. The minimum absolute atomic E-state index is 0.189. The Morgan fingerprint density at radius 3 is 2.80 bits per heavy atom. The summed E-state index contributed by atoms with van der Waals surface area (Å²) in [4.78, 5) is 15.2. The van der Waals surface area contributed by atoms with E-state index in [4.69, 9.17) is 9.84 Å². The summed E-state index contributed by atoms with van der Waals surface area (Å²) in [5.41, 5.74) is 3.50. The van der Waals surface area contributed by atoms with Crippen molar-refractivity contribution in [1.82, 2.24) is 4.98 Å². The summed E-state index contributed by atoms with van der Waals surface area (Å²) >= 11 is 0. The summed E-state index contributed by atoms with van der Waals surface area (Å²) < 4.78 is 5.70. The molecular formula is C16H15NO3. The van der Waals surface area contributed by atoms with Crippen LogP contribution >= 0.6 is 0 Å². The maximum absolute atomic E-state index is 11.0. The molecule has 0 radical (unpaired) electrons. The van der Waals surface area contributed by atoms with Crippen molar-refractivity contribution in [3.8, 4) is 11.6 Å². The minimum atomic E-state index is -0.977. The SMILES string of the molecule is Cc1cc(C(=O)O)cc(Oc2ccc3c(c2)CCC3)n1. The van der Waals surface area contributed by atoms with Crippen LogP contribution in [0.15, 0.2) is 30.3 Å². The van der Waals surface area contributed by atoms with Gasteiger partial charge in [0.15, 0.2) is 0 Å². The molecule has 0 bridgehead atoms. The van der Waals surface area contributed by atoms with E-state index in [2.05, 4.69) is 11.1 Å². The fourth-order valence-corrected chi connectivity index (χ4v) is 2.55. The first-order valence-corrected chi connectivity index (χ1v) is 6.63. The quantitative estimate of drug-likeness (QED) is 0.928. The van der Waals surface area contributed by atoms with Crippen LogP contribution < -0.4 is 4.74 Å². The average molecular weight is 269 g/mol. The smallest absolute Gasteiger partial charge is 0.335 e.